The van der Waals surface area contributed by atoms with Crippen LogP contribution < -0.4 is 10.6 Å². The van der Waals surface area contributed by atoms with Gasteiger partial charge < -0.3 is 15.7 Å². The molecule has 5 heteroatoms. The van der Waals surface area contributed by atoms with Gasteiger partial charge in [-0.3, -0.25) is 4.79 Å². The fourth-order valence-electron chi connectivity index (χ4n) is 1.93. The third-order valence-corrected chi connectivity index (χ3v) is 3.07. The van der Waals surface area contributed by atoms with E-state index >= 15 is 0 Å². The van der Waals surface area contributed by atoms with Crippen LogP contribution in [-0.4, -0.2) is 30.1 Å². The molecule has 1 heterocycles. The third kappa shape index (κ3) is 3.11. The zero-order valence-corrected chi connectivity index (χ0v) is 10.1. The molecule has 0 unspecified atom stereocenters. The van der Waals surface area contributed by atoms with Gasteiger partial charge in [0, 0.05) is 17.6 Å². The Labute approximate surface area is 105 Å². The Balaban J connectivity index is 2.05. The predicted molar refractivity (Wildman–Crippen MR) is 66.5 cm³/mol. The van der Waals surface area contributed by atoms with Gasteiger partial charge in [0.2, 0.25) is 0 Å². The Morgan fingerprint density at radius 3 is 3.06 bits per heavy atom. The van der Waals surface area contributed by atoms with Gasteiger partial charge in [0.25, 0.3) is 5.91 Å². The topological polar surface area (TPSA) is 61.4 Å². The molecule has 0 spiro atoms. The molecule has 1 aromatic carbocycles. The van der Waals surface area contributed by atoms with Crippen molar-refractivity contribution in [3.8, 4) is 5.75 Å². The molecule has 0 radical (unpaired) electrons. The van der Waals surface area contributed by atoms with Crippen molar-refractivity contribution >= 4 is 17.5 Å². The van der Waals surface area contributed by atoms with Crippen LogP contribution in [0.4, 0.5) is 0 Å². The second kappa shape index (κ2) is 5.38. The van der Waals surface area contributed by atoms with Crippen molar-refractivity contribution in [2.24, 2.45) is 0 Å². The quantitative estimate of drug-likeness (QED) is 0.750. The van der Waals surface area contributed by atoms with Crippen LogP contribution in [0.3, 0.4) is 0 Å². The number of nitrogens with one attached hydrogen (secondary N) is 2. The van der Waals surface area contributed by atoms with Crippen LogP contribution in [0.15, 0.2) is 18.2 Å². The van der Waals surface area contributed by atoms with Gasteiger partial charge in [-0.15, -0.1) is 0 Å². The van der Waals surface area contributed by atoms with Crippen LogP contribution in [-0.2, 0) is 0 Å². The van der Waals surface area contributed by atoms with E-state index in [1.165, 1.54) is 12.1 Å². The van der Waals surface area contributed by atoms with Crippen LogP contribution in [0.1, 0.15) is 23.2 Å². The average molecular weight is 255 g/mol. The first-order chi connectivity index (χ1) is 8.16. The summed E-state index contributed by atoms with van der Waals surface area (Å²) < 4.78 is 0. The summed E-state index contributed by atoms with van der Waals surface area (Å²) in [5, 5.41) is 16.1. The number of phenols is 1. The zero-order chi connectivity index (χ0) is 12.3. The molecule has 1 aliphatic rings. The highest BCUT2D eigenvalue weighted by atomic mass is 35.5. The Kier molecular flexibility index (Phi) is 3.86. The largest absolute Gasteiger partial charge is 0.507 e. The minimum Gasteiger partial charge on any atom is -0.507 e. The minimum atomic E-state index is -0.279. The highest BCUT2D eigenvalue weighted by molar-refractivity contribution is 6.31. The van der Waals surface area contributed by atoms with E-state index in [0.29, 0.717) is 5.02 Å². The van der Waals surface area contributed by atoms with Crippen molar-refractivity contribution in [2.75, 3.05) is 13.1 Å². The van der Waals surface area contributed by atoms with E-state index < -0.39 is 0 Å². The van der Waals surface area contributed by atoms with Crippen LogP contribution >= 0.6 is 11.6 Å². The van der Waals surface area contributed by atoms with Crippen molar-refractivity contribution in [1.29, 1.82) is 0 Å². The molecule has 92 valence electrons. The molecule has 3 N–H and O–H groups in total. The number of carbonyl (C=O) groups excluding carboxylic acids is 1. The number of carbonyl (C=O) groups is 1. The van der Waals surface area contributed by atoms with E-state index in [2.05, 4.69) is 10.6 Å². The van der Waals surface area contributed by atoms with Gasteiger partial charge in [0.15, 0.2) is 0 Å². The SMILES string of the molecule is O=C(N[C@@H]1CCCNC1)c1cc(Cl)ccc1O. The first kappa shape index (κ1) is 12.2. The molecule has 0 saturated carbocycles. The summed E-state index contributed by atoms with van der Waals surface area (Å²) in [6.45, 7) is 1.77. The Bertz CT molecular complexity index is 417. The van der Waals surface area contributed by atoms with Gasteiger partial charge >= 0.3 is 0 Å². The summed E-state index contributed by atoms with van der Waals surface area (Å²) in [6, 6.07) is 4.57. The summed E-state index contributed by atoms with van der Waals surface area (Å²) >= 11 is 5.80. The van der Waals surface area contributed by atoms with E-state index in [9.17, 15) is 9.90 Å². The number of rotatable bonds is 2. The van der Waals surface area contributed by atoms with E-state index in [0.717, 1.165) is 25.9 Å². The minimum absolute atomic E-state index is 0.0457. The lowest BCUT2D eigenvalue weighted by atomic mass is 10.1. The Morgan fingerprint density at radius 2 is 2.35 bits per heavy atom. The molecule has 1 atom stereocenters. The number of phenolic OH excluding ortho intramolecular Hbond substituents is 1. The van der Waals surface area contributed by atoms with Crippen molar-refractivity contribution in [3.05, 3.63) is 28.8 Å². The molecule has 1 amide bonds. The van der Waals surface area contributed by atoms with Gasteiger partial charge in [-0.05, 0) is 37.6 Å². The molecule has 4 nitrogen and oxygen atoms in total. The van der Waals surface area contributed by atoms with E-state index in [4.69, 9.17) is 11.6 Å². The molecule has 1 fully saturated rings. The van der Waals surface area contributed by atoms with Crippen molar-refractivity contribution in [1.82, 2.24) is 10.6 Å². The lowest BCUT2D eigenvalue weighted by molar-refractivity contribution is 0.0928. The van der Waals surface area contributed by atoms with Crippen LogP contribution in [0.5, 0.6) is 5.75 Å². The van der Waals surface area contributed by atoms with Crippen molar-refractivity contribution in [2.45, 2.75) is 18.9 Å². The average Bonchev–Trinajstić information content (AvgIpc) is 2.33. The van der Waals surface area contributed by atoms with E-state index in [1.54, 1.807) is 6.07 Å². The summed E-state index contributed by atoms with van der Waals surface area (Å²) in [5.74, 6) is -0.325. The zero-order valence-electron chi connectivity index (χ0n) is 9.37. The first-order valence-electron chi connectivity index (χ1n) is 5.67. The second-order valence-corrected chi connectivity index (χ2v) is 4.61. The predicted octanol–water partition coefficient (Wildman–Crippen LogP) is 1.53. The Hall–Kier alpha value is -1.26. The summed E-state index contributed by atoms with van der Waals surface area (Å²) in [6.07, 6.45) is 2.01. The van der Waals surface area contributed by atoms with Gasteiger partial charge in [0.05, 0.1) is 5.56 Å². The maximum Gasteiger partial charge on any atom is 0.255 e. The van der Waals surface area contributed by atoms with Gasteiger partial charge in [-0.25, -0.2) is 0 Å². The number of amides is 1. The van der Waals surface area contributed by atoms with E-state index in [1.807, 2.05) is 0 Å². The molecule has 1 saturated heterocycles. The number of hydrogen-bond acceptors (Lipinski definition) is 3. The number of benzene rings is 1. The first-order valence-corrected chi connectivity index (χ1v) is 6.04. The smallest absolute Gasteiger partial charge is 0.255 e. The summed E-state index contributed by atoms with van der Waals surface area (Å²) in [7, 11) is 0. The summed E-state index contributed by atoms with van der Waals surface area (Å²) in [4.78, 5) is 11.9. The van der Waals surface area contributed by atoms with Crippen LogP contribution in [0.2, 0.25) is 5.02 Å². The molecule has 0 bridgehead atoms. The Morgan fingerprint density at radius 1 is 1.53 bits per heavy atom. The van der Waals surface area contributed by atoms with Gasteiger partial charge in [0.1, 0.15) is 5.75 Å². The number of hydrogen-bond donors (Lipinski definition) is 3. The number of halogens is 1. The lowest BCUT2D eigenvalue weighted by Gasteiger charge is -2.23. The number of piperidine rings is 1. The molecule has 17 heavy (non-hydrogen) atoms. The molecule has 0 aromatic heterocycles. The van der Waals surface area contributed by atoms with Gasteiger partial charge in [-0.2, -0.15) is 0 Å². The molecule has 0 aliphatic carbocycles. The van der Waals surface area contributed by atoms with Crippen molar-refractivity contribution < 1.29 is 9.90 Å². The fourth-order valence-corrected chi connectivity index (χ4v) is 2.10. The standard InChI is InChI=1S/C12H15ClN2O2/c13-8-3-4-11(16)10(6-8)12(17)15-9-2-1-5-14-7-9/h3-4,6,9,14,16H,1-2,5,7H2,(H,15,17)/t9-/m1/s1. The molecular weight excluding hydrogens is 240 g/mol. The molecule has 1 aliphatic heterocycles. The van der Waals surface area contributed by atoms with Crippen molar-refractivity contribution in [3.63, 3.8) is 0 Å². The molecular formula is C12H15ClN2O2. The highest BCUT2D eigenvalue weighted by Gasteiger charge is 2.18. The molecule has 1 aromatic rings. The second-order valence-electron chi connectivity index (χ2n) is 4.18. The number of aromatic hydroxyl groups is 1. The molecule has 2 rings (SSSR count). The maximum absolute atomic E-state index is 11.9. The summed E-state index contributed by atoms with van der Waals surface area (Å²) in [5.41, 5.74) is 0.225. The van der Waals surface area contributed by atoms with Gasteiger partial charge in [-0.1, -0.05) is 11.6 Å². The highest BCUT2D eigenvalue weighted by Crippen LogP contribution is 2.21. The fraction of sp³-hybridized carbons (Fsp3) is 0.417. The van der Waals surface area contributed by atoms with Crippen LogP contribution in [0, 0.1) is 0 Å². The third-order valence-electron chi connectivity index (χ3n) is 2.84. The lowest BCUT2D eigenvalue weighted by Crippen LogP contribution is -2.45. The normalized spacial score (nSPS) is 19.9. The van der Waals surface area contributed by atoms with E-state index in [-0.39, 0.29) is 23.3 Å². The maximum atomic E-state index is 11.9. The van der Waals surface area contributed by atoms with Crippen LogP contribution in [0.25, 0.3) is 0 Å². The monoisotopic (exact) mass is 254 g/mol.